The van der Waals surface area contributed by atoms with Gasteiger partial charge < -0.3 is 20.5 Å². The second-order valence-electron chi connectivity index (χ2n) is 3.22. The first-order chi connectivity index (χ1) is 6.61. The summed E-state index contributed by atoms with van der Waals surface area (Å²) in [6.07, 6.45) is 1.47. The minimum absolute atomic E-state index is 0.273. The smallest absolute Gasteiger partial charge is 0.409 e. The standard InChI is InChI=1S/C8H14N2O4/c9-6(7(11)12)5-14-8(13)10-3-1-2-4-10/h6H,1-5,9H2,(H,11,12)/t6-/m0/s1. The maximum absolute atomic E-state index is 11.2. The van der Waals surface area contributed by atoms with Gasteiger partial charge in [-0.05, 0) is 12.8 Å². The van der Waals surface area contributed by atoms with E-state index in [1.54, 1.807) is 4.90 Å². The van der Waals surface area contributed by atoms with Crippen molar-refractivity contribution in [2.24, 2.45) is 5.73 Å². The summed E-state index contributed by atoms with van der Waals surface area (Å²) in [6.45, 7) is 1.09. The Morgan fingerprint density at radius 3 is 2.50 bits per heavy atom. The Kier molecular flexibility index (Phi) is 3.70. The van der Waals surface area contributed by atoms with Crippen LogP contribution in [0.2, 0.25) is 0 Å². The Balaban J connectivity index is 2.23. The summed E-state index contributed by atoms with van der Waals surface area (Å²) in [7, 11) is 0. The lowest BCUT2D eigenvalue weighted by Gasteiger charge is -2.15. The first kappa shape index (κ1) is 10.8. The monoisotopic (exact) mass is 202 g/mol. The molecule has 1 saturated heterocycles. The molecule has 1 rings (SSSR count). The Hall–Kier alpha value is -1.30. The highest BCUT2D eigenvalue weighted by molar-refractivity contribution is 5.74. The number of carboxylic acid groups (broad SMARTS) is 1. The fourth-order valence-corrected chi connectivity index (χ4v) is 1.22. The summed E-state index contributed by atoms with van der Waals surface area (Å²) in [5.74, 6) is -1.17. The van der Waals surface area contributed by atoms with Gasteiger partial charge in [0.25, 0.3) is 0 Å². The molecule has 0 aromatic rings. The van der Waals surface area contributed by atoms with E-state index in [0.717, 1.165) is 12.8 Å². The van der Waals surface area contributed by atoms with Crippen LogP contribution in [0.3, 0.4) is 0 Å². The van der Waals surface area contributed by atoms with Crippen molar-refractivity contribution in [3.05, 3.63) is 0 Å². The van der Waals surface area contributed by atoms with Crippen molar-refractivity contribution in [2.75, 3.05) is 19.7 Å². The molecule has 1 heterocycles. The van der Waals surface area contributed by atoms with E-state index < -0.39 is 18.1 Å². The molecule has 80 valence electrons. The number of carboxylic acids is 1. The predicted molar refractivity (Wildman–Crippen MR) is 47.8 cm³/mol. The molecule has 0 bridgehead atoms. The molecule has 1 aliphatic heterocycles. The fourth-order valence-electron chi connectivity index (χ4n) is 1.22. The molecule has 0 spiro atoms. The van der Waals surface area contributed by atoms with E-state index in [-0.39, 0.29) is 6.61 Å². The number of ether oxygens (including phenoxy) is 1. The van der Waals surface area contributed by atoms with Gasteiger partial charge in [0.1, 0.15) is 12.6 Å². The molecule has 0 aromatic carbocycles. The third-order valence-electron chi connectivity index (χ3n) is 2.07. The summed E-state index contributed by atoms with van der Waals surface area (Å²) in [6, 6.07) is -1.14. The minimum Gasteiger partial charge on any atom is -0.480 e. The van der Waals surface area contributed by atoms with Crippen LogP contribution in [0.25, 0.3) is 0 Å². The number of likely N-dealkylation sites (tertiary alicyclic amines) is 1. The summed E-state index contributed by atoms with van der Waals surface area (Å²) >= 11 is 0. The van der Waals surface area contributed by atoms with E-state index in [4.69, 9.17) is 15.6 Å². The number of carbonyl (C=O) groups is 2. The van der Waals surface area contributed by atoms with Crippen molar-refractivity contribution in [3.63, 3.8) is 0 Å². The molecule has 1 fully saturated rings. The highest BCUT2D eigenvalue weighted by atomic mass is 16.6. The Morgan fingerprint density at radius 1 is 1.43 bits per heavy atom. The molecule has 0 radical (unpaired) electrons. The van der Waals surface area contributed by atoms with Crippen LogP contribution in [0, 0.1) is 0 Å². The largest absolute Gasteiger partial charge is 0.480 e. The summed E-state index contributed by atoms with van der Waals surface area (Å²) in [5.41, 5.74) is 5.17. The third-order valence-corrected chi connectivity index (χ3v) is 2.07. The Bertz CT molecular complexity index is 225. The average molecular weight is 202 g/mol. The zero-order valence-corrected chi connectivity index (χ0v) is 7.81. The third kappa shape index (κ3) is 2.88. The molecule has 1 atom stereocenters. The van der Waals surface area contributed by atoms with Gasteiger partial charge in [-0.3, -0.25) is 4.79 Å². The summed E-state index contributed by atoms with van der Waals surface area (Å²) in [5, 5.41) is 8.43. The number of nitrogens with two attached hydrogens (primary N) is 1. The van der Waals surface area contributed by atoms with Crippen molar-refractivity contribution in [3.8, 4) is 0 Å². The van der Waals surface area contributed by atoms with Crippen LogP contribution in [0.5, 0.6) is 0 Å². The van der Waals surface area contributed by atoms with Crippen LogP contribution in [-0.2, 0) is 9.53 Å². The molecule has 0 aromatic heterocycles. The van der Waals surface area contributed by atoms with E-state index in [1.165, 1.54) is 0 Å². The number of hydrogen-bond donors (Lipinski definition) is 2. The number of hydrogen-bond acceptors (Lipinski definition) is 4. The normalized spacial score (nSPS) is 17.9. The quantitative estimate of drug-likeness (QED) is 0.651. The molecule has 0 saturated carbocycles. The molecular formula is C8H14N2O4. The van der Waals surface area contributed by atoms with Gasteiger partial charge >= 0.3 is 12.1 Å². The highest BCUT2D eigenvalue weighted by Gasteiger charge is 2.21. The molecule has 6 nitrogen and oxygen atoms in total. The van der Waals surface area contributed by atoms with Crippen LogP contribution >= 0.6 is 0 Å². The van der Waals surface area contributed by atoms with E-state index in [9.17, 15) is 9.59 Å². The van der Waals surface area contributed by atoms with Crippen molar-refractivity contribution in [1.29, 1.82) is 0 Å². The number of amides is 1. The highest BCUT2D eigenvalue weighted by Crippen LogP contribution is 2.08. The topological polar surface area (TPSA) is 92.9 Å². The van der Waals surface area contributed by atoms with Crippen LogP contribution in [0.4, 0.5) is 4.79 Å². The van der Waals surface area contributed by atoms with Crippen molar-refractivity contribution in [2.45, 2.75) is 18.9 Å². The number of aliphatic carboxylic acids is 1. The second-order valence-corrected chi connectivity index (χ2v) is 3.22. The molecule has 14 heavy (non-hydrogen) atoms. The second kappa shape index (κ2) is 4.80. The van der Waals surface area contributed by atoms with Gasteiger partial charge in [-0.1, -0.05) is 0 Å². The zero-order valence-electron chi connectivity index (χ0n) is 7.81. The Morgan fingerprint density at radius 2 is 2.00 bits per heavy atom. The number of rotatable bonds is 3. The number of carbonyl (C=O) groups excluding carboxylic acids is 1. The lowest BCUT2D eigenvalue weighted by molar-refractivity contribution is -0.139. The lowest BCUT2D eigenvalue weighted by atomic mass is 10.3. The lowest BCUT2D eigenvalue weighted by Crippen LogP contribution is -2.38. The molecule has 3 N–H and O–H groups in total. The van der Waals surface area contributed by atoms with Crippen molar-refractivity contribution in [1.82, 2.24) is 4.90 Å². The van der Waals surface area contributed by atoms with Crippen LogP contribution < -0.4 is 5.73 Å². The van der Waals surface area contributed by atoms with Gasteiger partial charge in [-0.15, -0.1) is 0 Å². The van der Waals surface area contributed by atoms with Gasteiger partial charge in [-0.25, -0.2) is 4.79 Å². The van der Waals surface area contributed by atoms with Gasteiger partial charge in [-0.2, -0.15) is 0 Å². The van der Waals surface area contributed by atoms with Crippen LogP contribution in [0.15, 0.2) is 0 Å². The molecule has 1 aliphatic rings. The van der Waals surface area contributed by atoms with Gasteiger partial charge in [0.05, 0.1) is 0 Å². The average Bonchev–Trinajstić information content (AvgIpc) is 2.66. The molecule has 1 amide bonds. The first-order valence-electron chi connectivity index (χ1n) is 4.51. The molecule has 6 heteroatoms. The Labute approximate surface area is 81.6 Å². The van der Waals surface area contributed by atoms with E-state index in [2.05, 4.69) is 0 Å². The zero-order chi connectivity index (χ0) is 10.6. The fraction of sp³-hybridized carbons (Fsp3) is 0.750. The van der Waals surface area contributed by atoms with Gasteiger partial charge in [0.2, 0.25) is 0 Å². The molecular weight excluding hydrogens is 188 g/mol. The predicted octanol–water partition coefficient (Wildman–Crippen LogP) is -0.369. The van der Waals surface area contributed by atoms with E-state index in [1.807, 2.05) is 0 Å². The number of nitrogens with zero attached hydrogens (tertiary/aromatic N) is 1. The maximum Gasteiger partial charge on any atom is 0.409 e. The molecule has 0 unspecified atom stereocenters. The van der Waals surface area contributed by atoms with Crippen LogP contribution in [0.1, 0.15) is 12.8 Å². The minimum atomic E-state index is -1.17. The maximum atomic E-state index is 11.2. The summed E-state index contributed by atoms with van der Waals surface area (Å²) < 4.78 is 4.73. The van der Waals surface area contributed by atoms with Gasteiger partial charge in [0, 0.05) is 13.1 Å². The SMILES string of the molecule is N[C@@H](COC(=O)N1CCCC1)C(=O)O. The van der Waals surface area contributed by atoms with E-state index in [0.29, 0.717) is 13.1 Å². The van der Waals surface area contributed by atoms with Crippen molar-refractivity contribution < 1.29 is 19.4 Å². The van der Waals surface area contributed by atoms with E-state index >= 15 is 0 Å². The molecule has 0 aliphatic carbocycles. The van der Waals surface area contributed by atoms with Gasteiger partial charge in [0.15, 0.2) is 0 Å². The van der Waals surface area contributed by atoms with Crippen LogP contribution in [-0.4, -0.2) is 47.8 Å². The summed E-state index contributed by atoms with van der Waals surface area (Å²) in [4.78, 5) is 23.1. The first-order valence-corrected chi connectivity index (χ1v) is 4.51. The van der Waals surface area contributed by atoms with Crippen molar-refractivity contribution >= 4 is 12.1 Å².